The van der Waals surface area contributed by atoms with Gasteiger partial charge in [-0.1, -0.05) is 0 Å². The quantitative estimate of drug-likeness (QED) is 0.488. The number of methoxy groups -OCH3 is 2. The first-order chi connectivity index (χ1) is 7.65. The van der Waals surface area contributed by atoms with Gasteiger partial charge in [0.05, 0.1) is 19.3 Å². The SMILES string of the molecule is CNC(CN(CCOC)CCOC)C(N)=O. The van der Waals surface area contributed by atoms with Gasteiger partial charge in [-0.3, -0.25) is 9.69 Å². The number of hydrogen-bond donors (Lipinski definition) is 2. The molecule has 1 atom stereocenters. The third-order valence-corrected chi connectivity index (χ3v) is 2.36. The number of primary amides is 1. The lowest BCUT2D eigenvalue weighted by Crippen LogP contribution is -2.49. The highest BCUT2D eigenvalue weighted by atomic mass is 16.5. The lowest BCUT2D eigenvalue weighted by molar-refractivity contribution is -0.120. The zero-order chi connectivity index (χ0) is 12.4. The summed E-state index contributed by atoms with van der Waals surface area (Å²) in [7, 11) is 5.02. The average Bonchev–Trinajstić information content (AvgIpc) is 2.27. The normalized spacial score (nSPS) is 13.0. The first-order valence-electron chi connectivity index (χ1n) is 5.32. The molecule has 0 bridgehead atoms. The van der Waals surface area contributed by atoms with Gasteiger partial charge in [-0.25, -0.2) is 0 Å². The van der Waals surface area contributed by atoms with Crippen LogP contribution in [0, 0.1) is 0 Å². The number of amides is 1. The van der Waals surface area contributed by atoms with Crippen molar-refractivity contribution in [1.82, 2.24) is 10.2 Å². The van der Waals surface area contributed by atoms with E-state index in [2.05, 4.69) is 10.2 Å². The Morgan fingerprint density at radius 1 is 1.31 bits per heavy atom. The summed E-state index contributed by atoms with van der Waals surface area (Å²) in [5.74, 6) is -0.345. The highest BCUT2D eigenvalue weighted by Crippen LogP contribution is 1.93. The first kappa shape index (κ1) is 15.3. The minimum atomic E-state index is -0.345. The van der Waals surface area contributed by atoms with E-state index in [0.29, 0.717) is 19.8 Å². The number of carbonyl (C=O) groups excluding carboxylic acids is 1. The van der Waals surface area contributed by atoms with Crippen molar-refractivity contribution in [3.05, 3.63) is 0 Å². The topological polar surface area (TPSA) is 76.8 Å². The van der Waals surface area contributed by atoms with Gasteiger partial charge in [-0.15, -0.1) is 0 Å². The molecule has 0 aromatic carbocycles. The van der Waals surface area contributed by atoms with Gasteiger partial charge >= 0.3 is 0 Å². The fourth-order valence-corrected chi connectivity index (χ4v) is 1.32. The molecule has 0 aromatic rings. The van der Waals surface area contributed by atoms with Gasteiger partial charge in [0, 0.05) is 33.9 Å². The first-order valence-corrected chi connectivity index (χ1v) is 5.32. The lowest BCUT2D eigenvalue weighted by Gasteiger charge is -2.25. The van der Waals surface area contributed by atoms with E-state index < -0.39 is 0 Å². The molecule has 1 amide bonds. The van der Waals surface area contributed by atoms with E-state index >= 15 is 0 Å². The van der Waals surface area contributed by atoms with E-state index in [1.54, 1.807) is 21.3 Å². The van der Waals surface area contributed by atoms with Crippen LogP contribution in [-0.4, -0.2) is 71.0 Å². The van der Waals surface area contributed by atoms with Gasteiger partial charge in [-0.2, -0.15) is 0 Å². The Hall–Kier alpha value is -0.690. The Bertz CT molecular complexity index is 182. The van der Waals surface area contributed by atoms with Crippen LogP contribution in [0.1, 0.15) is 0 Å². The molecule has 0 aliphatic rings. The summed E-state index contributed by atoms with van der Waals surface area (Å²) in [5, 5.41) is 2.89. The number of nitrogens with one attached hydrogen (secondary N) is 1. The number of likely N-dealkylation sites (N-methyl/N-ethyl adjacent to an activating group) is 1. The summed E-state index contributed by atoms with van der Waals surface area (Å²) in [6.45, 7) is 3.33. The van der Waals surface area contributed by atoms with Gasteiger partial charge in [0.1, 0.15) is 0 Å². The third-order valence-electron chi connectivity index (χ3n) is 2.36. The van der Waals surface area contributed by atoms with Crippen molar-refractivity contribution in [2.24, 2.45) is 5.73 Å². The summed E-state index contributed by atoms with van der Waals surface area (Å²) in [4.78, 5) is 13.2. The molecule has 1 unspecified atom stereocenters. The molecule has 16 heavy (non-hydrogen) atoms. The summed E-state index contributed by atoms with van der Waals surface area (Å²) in [5.41, 5.74) is 5.26. The maximum absolute atomic E-state index is 11.1. The van der Waals surface area contributed by atoms with Gasteiger partial charge in [0.2, 0.25) is 5.91 Å². The van der Waals surface area contributed by atoms with Crippen LogP contribution in [0.15, 0.2) is 0 Å². The molecule has 6 heteroatoms. The van der Waals surface area contributed by atoms with Crippen molar-refractivity contribution in [2.75, 3.05) is 54.1 Å². The molecule has 0 heterocycles. The summed E-state index contributed by atoms with van der Waals surface area (Å²) >= 11 is 0. The molecule has 0 aromatic heterocycles. The maximum Gasteiger partial charge on any atom is 0.235 e. The van der Waals surface area contributed by atoms with Crippen LogP contribution in [0.3, 0.4) is 0 Å². The third kappa shape index (κ3) is 6.73. The zero-order valence-electron chi connectivity index (χ0n) is 10.4. The van der Waals surface area contributed by atoms with Crippen LogP contribution in [0.4, 0.5) is 0 Å². The highest BCUT2D eigenvalue weighted by Gasteiger charge is 2.16. The smallest absolute Gasteiger partial charge is 0.235 e. The number of ether oxygens (including phenoxy) is 2. The molecule has 0 saturated carbocycles. The van der Waals surface area contributed by atoms with E-state index in [1.807, 2.05) is 0 Å². The van der Waals surface area contributed by atoms with Crippen molar-refractivity contribution >= 4 is 5.91 Å². The molecular formula is C10H23N3O3. The molecule has 0 spiro atoms. The molecule has 0 aliphatic heterocycles. The van der Waals surface area contributed by atoms with Crippen molar-refractivity contribution in [2.45, 2.75) is 6.04 Å². The number of rotatable bonds is 10. The standard InChI is InChI=1S/C10H23N3O3/c1-12-9(10(11)14)8-13(4-6-15-2)5-7-16-3/h9,12H,4-8H2,1-3H3,(H2,11,14). The molecule has 96 valence electrons. The number of carbonyl (C=O) groups is 1. The second-order valence-electron chi connectivity index (χ2n) is 3.53. The largest absolute Gasteiger partial charge is 0.383 e. The Morgan fingerprint density at radius 3 is 2.12 bits per heavy atom. The fraction of sp³-hybridized carbons (Fsp3) is 0.900. The van der Waals surface area contributed by atoms with Gasteiger partial charge in [0.25, 0.3) is 0 Å². The van der Waals surface area contributed by atoms with Crippen LogP contribution < -0.4 is 11.1 Å². The minimum absolute atomic E-state index is 0.339. The highest BCUT2D eigenvalue weighted by molar-refractivity contribution is 5.80. The summed E-state index contributed by atoms with van der Waals surface area (Å²) < 4.78 is 10.0. The molecule has 0 aliphatic carbocycles. The number of nitrogens with zero attached hydrogens (tertiary/aromatic N) is 1. The van der Waals surface area contributed by atoms with Crippen molar-refractivity contribution in [3.8, 4) is 0 Å². The molecule has 0 fully saturated rings. The fourth-order valence-electron chi connectivity index (χ4n) is 1.32. The van der Waals surface area contributed by atoms with E-state index in [-0.39, 0.29) is 11.9 Å². The molecule has 6 nitrogen and oxygen atoms in total. The Balaban J connectivity index is 4.09. The maximum atomic E-state index is 11.1. The van der Waals surface area contributed by atoms with Crippen LogP contribution in [0.2, 0.25) is 0 Å². The van der Waals surface area contributed by atoms with Crippen molar-refractivity contribution < 1.29 is 14.3 Å². The Labute approximate surface area is 97.1 Å². The molecule has 0 rings (SSSR count). The van der Waals surface area contributed by atoms with Crippen LogP contribution >= 0.6 is 0 Å². The predicted octanol–water partition coefficient (Wildman–Crippen LogP) is -1.35. The van der Waals surface area contributed by atoms with E-state index in [0.717, 1.165) is 13.1 Å². The lowest BCUT2D eigenvalue weighted by atomic mass is 10.2. The van der Waals surface area contributed by atoms with Gasteiger partial charge in [0.15, 0.2) is 0 Å². The summed E-state index contributed by atoms with van der Waals surface area (Å²) in [6, 6.07) is -0.339. The van der Waals surface area contributed by atoms with E-state index in [9.17, 15) is 4.79 Å². The van der Waals surface area contributed by atoms with Crippen molar-refractivity contribution in [1.29, 1.82) is 0 Å². The van der Waals surface area contributed by atoms with Gasteiger partial charge < -0.3 is 20.5 Å². The number of hydrogen-bond acceptors (Lipinski definition) is 5. The monoisotopic (exact) mass is 233 g/mol. The second kappa shape index (κ2) is 9.53. The predicted molar refractivity (Wildman–Crippen MR) is 62.2 cm³/mol. The number of nitrogens with two attached hydrogens (primary N) is 1. The molecular weight excluding hydrogens is 210 g/mol. The zero-order valence-corrected chi connectivity index (χ0v) is 10.4. The second-order valence-corrected chi connectivity index (χ2v) is 3.53. The molecule has 0 radical (unpaired) electrons. The summed E-state index contributed by atoms with van der Waals surface area (Å²) in [6.07, 6.45) is 0. The van der Waals surface area contributed by atoms with E-state index in [1.165, 1.54) is 0 Å². The minimum Gasteiger partial charge on any atom is -0.383 e. The van der Waals surface area contributed by atoms with Crippen LogP contribution in [0.25, 0.3) is 0 Å². The van der Waals surface area contributed by atoms with Gasteiger partial charge in [-0.05, 0) is 7.05 Å². The average molecular weight is 233 g/mol. The molecule has 0 saturated heterocycles. The van der Waals surface area contributed by atoms with Crippen LogP contribution in [0.5, 0.6) is 0 Å². The Morgan fingerprint density at radius 2 is 1.81 bits per heavy atom. The Kier molecular flexibility index (Phi) is 9.12. The van der Waals surface area contributed by atoms with Crippen LogP contribution in [-0.2, 0) is 14.3 Å². The molecule has 3 N–H and O–H groups in total. The van der Waals surface area contributed by atoms with Crippen molar-refractivity contribution in [3.63, 3.8) is 0 Å². The van der Waals surface area contributed by atoms with E-state index in [4.69, 9.17) is 15.2 Å².